The Balaban J connectivity index is 1.57. The van der Waals surface area contributed by atoms with E-state index in [1.54, 1.807) is 33.3 Å². The summed E-state index contributed by atoms with van der Waals surface area (Å²) in [7, 11) is -2.47. The van der Waals surface area contributed by atoms with E-state index in [1.165, 1.54) is 23.5 Å². The van der Waals surface area contributed by atoms with Gasteiger partial charge in [-0.1, -0.05) is 58.0 Å². The zero-order valence-corrected chi connectivity index (χ0v) is 28.8. The molecule has 3 atom stereocenters. The van der Waals surface area contributed by atoms with Gasteiger partial charge in [-0.05, 0) is 70.5 Å². The molecule has 0 spiro atoms. The number of ether oxygens (including phenoxy) is 1. The number of benzene rings is 2. The molecule has 46 heavy (non-hydrogen) atoms. The third-order valence-electron chi connectivity index (χ3n) is 8.06. The van der Waals surface area contributed by atoms with Crippen LogP contribution in [0.1, 0.15) is 38.8 Å². The summed E-state index contributed by atoms with van der Waals surface area (Å²) in [5.74, 6) is -0.0710. The van der Waals surface area contributed by atoms with Gasteiger partial charge in [0, 0.05) is 32.7 Å². The summed E-state index contributed by atoms with van der Waals surface area (Å²) in [5, 5.41) is 18.7. The minimum atomic E-state index is -3.98. The van der Waals surface area contributed by atoms with Crippen LogP contribution in [0.5, 0.6) is 5.75 Å². The van der Waals surface area contributed by atoms with Crippen molar-refractivity contribution >= 4 is 33.3 Å². The summed E-state index contributed by atoms with van der Waals surface area (Å²) < 4.78 is 34.1. The van der Waals surface area contributed by atoms with Crippen LogP contribution in [-0.4, -0.2) is 91.0 Å². The summed E-state index contributed by atoms with van der Waals surface area (Å²) in [6.45, 7) is 8.96. The Labute approximate surface area is 277 Å². The second kappa shape index (κ2) is 15.9. The molecule has 2 N–H and O–H groups in total. The zero-order chi connectivity index (χ0) is 33.4. The Bertz CT molecular complexity index is 1510. The molecule has 2 aromatic carbocycles. The van der Waals surface area contributed by atoms with E-state index in [9.17, 15) is 23.1 Å². The number of sulfonamides is 1. The maximum atomic E-state index is 14.0. The van der Waals surface area contributed by atoms with E-state index >= 15 is 0 Å². The fourth-order valence-electron chi connectivity index (χ4n) is 5.74. The van der Waals surface area contributed by atoms with Crippen molar-refractivity contribution in [2.24, 2.45) is 11.8 Å². The van der Waals surface area contributed by atoms with Crippen molar-refractivity contribution in [3.8, 4) is 5.75 Å². The van der Waals surface area contributed by atoms with Crippen molar-refractivity contribution in [2.75, 3.05) is 33.3 Å². The lowest BCUT2D eigenvalue weighted by Crippen LogP contribution is -2.57. The smallest absolute Gasteiger partial charge is 0.321 e. The Morgan fingerprint density at radius 3 is 2.28 bits per heavy atom. The molecular weight excluding hydrogens is 625 g/mol. The van der Waals surface area contributed by atoms with Gasteiger partial charge in [-0.2, -0.15) is 15.6 Å². The lowest BCUT2D eigenvalue weighted by atomic mass is 9.97. The molecule has 1 aliphatic heterocycles. The summed E-state index contributed by atoms with van der Waals surface area (Å²) in [4.78, 5) is 30.9. The van der Waals surface area contributed by atoms with Gasteiger partial charge in [-0.3, -0.25) is 4.79 Å². The van der Waals surface area contributed by atoms with Crippen LogP contribution in [0, 0.1) is 11.8 Å². The molecule has 3 aromatic rings. The first-order chi connectivity index (χ1) is 21.9. The molecule has 0 radical (unpaired) electrons. The number of aliphatic hydroxyl groups excluding tert-OH is 1. The van der Waals surface area contributed by atoms with E-state index in [0.29, 0.717) is 25.4 Å². The van der Waals surface area contributed by atoms with Crippen LogP contribution in [0.4, 0.5) is 4.79 Å². The number of hydrogen-bond acceptors (Lipinski definition) is 7. The number of aliphatic hydroxyl groups is 1. The molecule has 12 heteroatoms. The molecule has 1 saturated heterocycles. The van der Waals surface area contributed by atoms with Crippen LogP contribution in [0.25, 0.3) is 0 Å². The number of carbonyl (C=O) groups is 2. The predicted molar refractivity (Wildman–Crippen MR) is 180 cm³/mol. The van der Waals surface area contributed by atoms with Gasteiger partial charge in [0.2, 0.25) is 15.9 Å². The highest BCUT2D eigenvalue weighted by molar-refractivity contribution is 7.89. The Morgan fingerprint density at radius 2 is 1.70 bits per heavy atom. The molecule has 0 unspecified atom stereocenters. The number of hydrogen-bond donors (Lipinski definition) is 2. The largest absolute Gasteiger partial charge is 0.497 e. The van der Waals surface area contributed by atoms with Crippen LogP contribution >= 0.6 is 11.3 Å². The van der Waals surface area contributed by atoms with E-state index in [2.05, 4.69) is 5.32 Å². The number of urea groups is 1. The molecule has 1 aromatic heterocycles. The molecule has 4 rings (SSSR count). The summed E-state index contributed by atoms with van der Waals surface area (Å²) in [5.41, 5.74) is 1.92. The average molecular weight is 671 g/mol. The number of rotatable bonds is 16. The molecule has 0 aliphatic carbocycles. The highest BCUT2D eigenvalue weighted by atomic mass is 32.2. The van der Waals surface area contributed by atoms with Gasteiger partial charge in [0.15, 0.2) is 0 Å². The normalized spacial score (nSPS) is 15.9. The van der Waals surface area contributed by atoms with Crippen molar-refractivity contribution in [1.29, 1.82) is 0 Å². The van der Waals surface area contributed by atoms with Crippen molar-refractivity contribution in [3.05, 3.63) is 82.6 Å². The van der Waals surface area contributed by atoms with Crippen LogP contribution < -0.4 is 10.1 Å². The molecule has 250 valence electrons. The first-order valence-corrected chi connectivity index (χ1v) is 18.0. The number of methoxy groups -OCH3 is 1. The van der Waals surface area contributed by atoms with E-state index in [-0.39, 0.29) is 48.2 Å². The van der Waals surface area contributed by atoms with Crippen molar-refractivity contribution in [1.82, 2.24) is 19.4 Å². The number of nitrogens with zero attached hydrogens (tertiary/aromatic N) is 3. The predicted octanol–water partition coefficient (Wildman–Crippen LogP) is 4.45. The Morgan fingerprint density at radius 1 is 1.00 bits per heavy atom. The first kappa shape index (κ1) is 35.4. The maximum absolute atomic E-state index is 14.0. The highest BCUT2D eigenvalue weighted by Gasteiger charge is 2.40. The molecule has 0 bridgehead atoms. The summed E-state index contributed by atoms with van der Waals surface area (Å²) in [6.07, 6.45) is -0.970. The van der Waals surface area contributed by atoms with Gasteiger partial charge >= 0.3 is 6.03 Å². The third-order valence-corrected chi connectivity index (χ3v) is 10.6. The van der Waals surface area contributed by atoms with Crippen LogP contribution in [0.3, 0.4) is 0 Å². The first-order valence-electron chi connectivity index (χ1n) is 15.6. The fourth-order valence-corrected chi connectivity index (χ4v) is 8.02. The lowest BCUT2D eigenvalue weighted by Gasteiger charge is -2.34. The van der Waals surface area contributed by atoms with Gasteiger partial charge < -0.3 is 25.0 Å². The summed E-state index contributed by atoms with van der Waals surface area (Å²) in [6, 6.07) is 15.8. The number of amides is 3. The maximum Gasteiger partial charge on any atom is 0.321 e. The minimum Gasteiger partial charge on any atom is -0.497 e. The van der Waals surface area contributed by atoms with Gasteiger partial charge in [0.1, 0.15) is 11.8 Å². The van der Waals surface area contributed by atoms with E-state index in [4.69, 9.17) is 4.74 Å². The number of nitrogens with one attached hydrogen (secondary N) is 1. The quantitative estimate of drug-likeness (QED) is 0.233. The van der Waals surface area contributed by atoms with Gasteiger partial charge in [0.25, 0.3) is 0 Å². The standard InChI is InChI=1S/C34H46N4O6S2/c1-24(2)20-37(46(42,43)29-13-11-28(44-5)12-14-29)22-31(39)30(19-26-9-7-6-8-10-26)35-33(40)32(25(3)4)38-17-16-36(34(38)41)21-27-15-18-45-23-27/h6-15,18,23-25,30-32,39H,16-17,19-22H2,1-5H3,(H,35,40)/t30-,31-,32-/m0/s1. The van der Waals surface area contributed by atoms with Gasteiger partial charge in [-0.15, -0.1) is 0 Å². The Kier molecular flexibility index (Phi) is 12.2. The molecule has 3 amide bonds. The van der Waals surface area contributed by atoms with Crippen molar-refractivity contribution in [3.63, 3.8) is 0 Å². The third kappa shape index (κ3) is 8.87. The van der Waals surface area contributed by atoms with Crippen LogP contribution in [0.15, 0.2) is 76.3 Å². The fraction of sp³-hybridized carbons (Fsp3) is 0.471. The van der Waals surface area contributed by atoms with Crippen LogP contribution in [0.2, 0.25) is 0 Å². The SMILES string of the molecule is COc1ccc(S(=O)(=O)N(CC(C)C)C[C@H](O)[C@H](Cc2ccccc2)NC(=O)[C@H](C(C)C)N2CCN(Cc3ccsc3)C2=O)cc1. The number of carbonyl (C=O) groups excluding carboxylic acids is 2. The van der Waals surface area contributed by atoms with Crippen molar-refractivity contribution < 1.29 is 27.9 Å². The molecule has 2 heterocycles. The minimum absolute atomic E-state index is 0.0223. The Hall–Kier alpha value is -3.45. The van der Waals surface area contributed by atoms with Crippen LogP contribution in [-0.2, 0) is 27.8 Å². The van der Waals surface area contributed by atoms with Gasteiger partial charge in [-0.25, -0.2) is 13.2 Å². The molecular formula is C34H46N4O6S2. The molecule has 10 nitrogen and oxygen atoms in total. The highest BCUT2D eigenvalue weighted by Crippen LogP contribution is 2.24. The summed E-state index contributed by atoms with van der Waals surface area (Å²) >= 11 is 1.57. The second-order valence-corrected chi connectivity index (χ2v) is 15.2. The monoisotopic (exact) mass is 670 g/mol. The molecule has 0 saturated carbocycles. The zero-order valence-electron chi connectivity index (χ0n) is 27.2. The van der Waals surface area contributed by atoms with Gasteiger partial charge in [0.05, 0.1) is 24.2 Å². The lowest BCUT2D eigenvalue weighted by molar-refractivity contribution is -0.128. The van der Waals surface area contributed by atoms with E-state index < -0.39 is 28.2 Å². The second-order valence-electron chi connectivity index (χ2n) is 12.5. The van der Waals surface area contributed by atoms with E-state index in [0.717, 1.165) is 11.1 Å². The van der Waals surface area contributed by atoms with E-state index in [1.807, 2.05) is 74.9 Å². The topological polar surface area (TPSA) is 119 Å². The molecule has 1 aliphatic rings. The average Bonchev–Trinajstić information content (AvgIpc) is 3.67. The number of thiophene rings is 1. The van der Waals surface area contributed by atoms with Crippen molar-refractivity contribution in [2.45, 2.75) is 63.7 Å². The molecule has 1 fully saturated rings.